The van der Waals surface area contributed by atoms with Gasteiger partial charge in [-0.3, -0.25) is 4.79 Å². The number of alkyl halides is 1. The van der Waals surface area contributed by atoms with Crippen molar-refractivity contribution in [2.75, 3.05) is 0 Å². The lowest BCUT2D eigenvalue weighted by atomic mass is 9.87. The zero-order chi connectivity index (χ0) is 19.3. The van der Waals surface area contributed by atoms with Gasteiger partial charge in [0.2, 0.25) is 5.67 Å². The first-order chi connectivity index (χ1) is 12.2. The number of fused-ring (bicyclic) bond motifs is 1. The number of hydrogen-bond acceptors (Lipinski definition) is 4. The van der Waals surface area contributed by atoms with Crippen LogP contribution >= 0.6 is 23.2 Å². The molecular formula is C15H12Cl2FN3O5. The monoisotopic (exact) mass is 403 g/mol. The van der Waals surface area contributed by atoms with Gasteiger partial charge in [0.15, 0.2) is 5.54 Å². The van der Waals surface area contributed by atoms with Gasteiger partial charge in [-0.2, -0.15) is 0 Å². The van der Waals surface area contributed by atoms with Gasteiger partial charge >= 0.3 is 11.9 Å². The Labute approximate surface area is 156 Å². The summed E-state index contributed by atoms with van der Waals surface area (Å²) < 4.78 is 20.2. The van der Waals surface area contributed by atoms with E-state index in [9.17, 15) is 19.1 Å². The topological polar surface area (TPSA) is 133 Å². The fourth-order valence-electron chi connectivity index (χ4n) is 3.80. The van der Waals surface area contributed by atoms with Crippen molar-refractivity contribution in [3.05, 3.63) is 44.3 Å². The van der Waals surface area contributed by atoms with Crippen molar-refractivity contribution in [1.29, 1.82) is 0 Å². The van der Waals surface area contributed by atoms with Crippen LogP contribution in [0.3, 0.4) is 0 Å². The number of halogens is 3. The first-order valence-corrected chi connectivity index (χ1v) is 8.22. The van der Waals surface area contributed by atoms with E-state index in [-0.39, 0.29) is 18.1 Å². The molecule has 1 aromatic rings. The predicted octanol–water partition coefficient (Wildman–Crippen LogP) is 3.45. The van der Waals surface area contributed by atoms with Gasteiger partial charge < -0.3 is 14.9 Å². The highest BCUT2D eigenvalue weighted by Gasteiger charge is 2.86. The predicted molar refractivity (Wildman–Crippen MR) is 87.6 cm³/mol. The SMILES string of the molecule is [N-]=[N+]=N[C@@]1(C(=O)O)[C@H](OCc2ccc(Cl)c(Cl)c2)C[C@@H]2[C@H]1[C@@]2(F)C(=O)O. The number of carbonyl (C=O) groups is 2. The van der Waals surface area contributed by atoms with Crippen molar-refractivity contribution in [2.24, 2.45) is 17.0 Å². The van der Waals surface area contributed by atoms with Gasteiger partial charge in [0.05, 0.1) is 22.8 Å². The molecule has 8 nitrogen and oxygen atoms in total. The fourth-order valence-corrected chi connectivity index (χ4v) is 4.12. The van der Waals surface area contributed by atoms with E-state index in [1.807, 2.05) is 0 Å². The normalized spacial score (nSPS) is 34.7. The lowest BCUT2D eigenvalue weighted by Gasteiger charge is -2.31. The van der Waals surface area contributed by atoms with Gasteiger partial charge in [-0.15, -0.1) is 0 Å². The van der Waals surface area contributed by atoms with Gasteiger partial charge in [-0.25, -0.2) is 9.18 Å². The van der Waals surface area contributed by atoms with Crippen LogP contribution < -0.4 is 0 Å². The van der Waals surface area contributed by atoms with Crippen molar-refractivity contribution in [2.45, 2.75) is 30.3 Å². The Bertz CT molecular complexity index is 845. The molecule has 0 unspecified atom stereocenters. The van der Waals surface area contributed by atoms with E-state index in [1.54, 1.807) is 6.07 Å². The molecule has 2 aliphatic rings. The summed E-state index contributed by atoms with van der Waals surface area (Å²) in [6, 6.07) is 4.66. The molecule has 138 valence electrons. The van der Waals surface area contributed by atoms with Crippen molar-refractivity contribution >= 4 is 35.1 Å². The van der Waals surface area contributed by atoms with Crippen LogP contribution in [0, 0.1) is 11.8 Å². The van der Waals surface area contributed by atoms with Gasteiger partial charge in [-0.1, -0.05) is 34.4 Å². The molecule has 5 atom stereocenters. The molecule has 0 aliphatic heterocycles. The minimum atomic E-state index is -2.74. The maximum absolute atomic E-state index is 14.6. The van der Waals surface area contributed by atoms with Crippen LogP contribution in [-0.4, -0.2) is 39.5 Å². The maximum atomic E-state index is 14.6. The summed E-state index contributed by atoms with van der Waals surface area (Å²) in [5, 5.41) is 22.6. The average molecular weight is 404 g/mol. The van der Waals surface area contributed by atoms with Crippen LogP contribution in [-0.2, 0) is 20.9 Å². The Kier molecular flexibility index (Phi) is 4.52. The second-order valence-corrected chi connectivity index (χ2v) is 7.08. The Balaban J connectivity index is 1.87. The minimum absolute atomic E-state index is 0.0939. The van der Waals surface area contributed by atoms with Gasteiger partial charge in [0, 0.05) is 16.7 Å². The third-order valence-corrected chi connectivity index (χ3v) is 5.77. The zero-order valence-corrected chi connectivity index (χ0v) is 14.5. The van der Waals surface area contributed by atoms with E-state index in [1.165, 1.54) is 12.1 Å². The molecule has 0 bridgehead atoms. The third-order valence-electron chi connectivity index (χ3n) is 5.03. The van der Waals surface area contributed by atoms with Crippen LogP contribution in [0.4, 0.5) is 4.39 Å². The molecular weight excluding hydrogens is 392 g/mol. The lowest BCUT2D eigenvalue weighted by molar-refractivity contribution is -0.156. The molecule has 2 fully saturated rings. The lowest BCUT2D eigenvalue weighted by Crippen LogP contribution is -2.52. The standard InChI is InChI=1S/C15H12Cl2FN3O5/c16-8-2-1-6(3-9(8)17)5-26-10-4-7-11(14(7,18)12(22)23)15(10,13(24)25)20-21-19/h1-3,7,10-11H,4-5H2,(H,22,23)(H,24,25)/t7-,10-,11+,14-,15+/m1/s1. The number of benzene rings is 1. The smallest absolute Gasteiger partial charge is 0.342 e. The number of nitrogens with zero attached hydrogens (tertiary/aromatic N) is 3. The van der Waals surface area contributed by atoms with Gasteiger partial charge in [-0.05, 0) is 29.6 Å². The molecule has 2 N–H and O–H groups in total. The van der Waals surface area contributed by atoms with Crippen molar-refractivity contribution in [3.8, 4) is 0 Å². The Morgan fingerprint density at radius 1 is 1.35 bits per heavy atom. The van der Waals surface area contributed by atoms with Crippen LogP contribution in [0.2, 0.25) is 10.0 Å². The summed E-state index contributed by atoms with van der Waals surface area (Å²) in [6.45, 7) is -0.0939. The van der Waals surface area contributed by atoms with Gasteiger partial charge in [0.25, 0.3) is 0 Å². The number of rotatable bonds is 6. The molecule has 2 aliphatic carbocycles. The molecule has 26 heavy (non-hydrogen) atoms. The highest BCUT2D eigenvalue weighted by molar-refractivity contribution is 6.42. The number of ether oxygens (including phenoxy) is 1. The second-order valence-electron chi connectivity index (χ2n) is 6.26. The molecule has 0 amide bonds. The van der Waals surface area contributed by atoms with E-state index in [2.05, 4.69) is 10.0 Å². The Hall–Kier alpha value is -2.06. The summed E-state index contributed by atoms with van der Waals surface area (Å²) in [5.41, 5.74) is 4.30. The van der Waals surface area contributed by atoms with E-state index >= 15 is 0 Å². The third kappa shape index (κ3) is 2.51. The van der Waals surface area contributed by atoms with Crippen molar-refractivity contribution in [1.82, 2.24) is 0 Å². The Morgan fingerprint density at radius 3 is 2.58 bits per heavy atom. The average Bonchev–Trinajstić information content (AvgIpc) is 3.02. The summed E-state index contributed by atoms with van der Waals surface area (Å²) in [4.78, 5) is 25.5. The summed E-state index contributed by atoms with van der Waals surface area (Å²) in [6.07, 6.45) is -1.37. The number of carboxylic acids is 2. The molecule has 11 heteroatoms. The van der Waals surface area contributed by atoms with E-state index in [0.29, 0.717) is 10.6 Å². The highest BCUT2D eigenvalue weighted by atomic mass is 35.5. The molecule has 0 spiro atoms. The highest BCUT2D eigenvalue weighted by Crippen LogP contribution is 2.69. The van der Waals surface area contributed by atoms with Crippen molar-refractivity contribution < 1.29 is 28.9 Å². The molecule has 0 saturated heterocycles. The largest absolute Gasteiger partial charge is 0.481 e. The van der Waals surface area contributed by atoms with Crippen LogP contribution in [0.1, 0.15) is 12.0 Å². The van der Waals surface area contributed by atoms with Gasteiger partial charge in [0.1, 0.15) is 0 Å². The maximum Gasteiger partial charge on any atom is 0.342 e. The number of aliphatic carboxylic acids is 2. The fraction of sp³-hybridized carbons (Fsp3) is 0.467. The zero-order valence-electron chi connectivity index (χ0n) is 13.0. The van der Waals surface area contributed by atoms with Crippen LogP contribution in [0.15, 0.2) is 23.3 Å². The summed E-state index contributed by atoms with van der Waals surface area (Å²) in [5.74, 6) is -5.97. The molecule has 2 saturated carbocycles. The molecule has 0 radical (unpaired) electrons. The van der Waals surface area contributed by atoms with Crippen molar-refractivity contribution in [3.63, 3.8) is 0 Å². The van der Waals surface area contributed by atoms with E-state index < -0.39 is 41.1 Å². The van der Waals surface area contributed by atoms with E-state index in [4.69, 9.17) is 38.6 Å². The quantitative estimate of drug-likeness (QED) is 0.426. The Morgan fingerprint density at radius 2 is 2.04 bits per heavy atom. The first-order valence-electron chi connectivity index (χ1n) is 7.47. The number of azide groups is 1. The minimum Gasteiger partial charge on any atom is -0.481 e. The first kappa shape index (κ1) is 18.7. The molecule has 3 rings (SSSR count). The van der Waals surface area contributed by atoms with E-state index in [0.717, 1.165) is 0 Å². The number of carboxylic acid groups (broad SMARTS) is 2. The molecule has 0 heterocycles. The summed E-state index contributed by atoms with van der Waals surface area (Å²) >= 11 is 11.7. The van der Waals surface area contributed by atoms with Crippen LogP contribution in [0.25, 0.3) is 10.4 Å². The summed E-state index contributed by atoms with van der Waals surface area (Å²) in [7, 11) is 0. The molecule has 1 aromatic carbocycles. The molecule has 0 aromatic heterocycles. The van der Waals surface area contributed by atoms with Crippen LogP contribution in [0.5, 0.6) is 0 Å². The number of hydrogen-bond donors (Lipinski definition) is 2. The second kappa shape index (κ2) is 6.28.